The van der Waals surface area contributed by atoms with Crippen LogP contribution in [0.25, 0.3) is 4.96 Å². The Morgan fingerprint density at radius 1 is 1.62 bits per heavy atom. The standard InChI is InChI=1S/C8H7N3O4S/c1-2-9-6(12)5(11(14)15)7(13)10-3-4-16-8(9)10/h3-4H,2H2,1H3. The van der Waals surface area contributed by atoms with Crippen LogP contribution in [0.2, 0.25) is 0 Å². The Bertz CT molecular complexity index is 630. The Kier molecular flexibility index (Phi) is 2.35. The van der Waals surface area contributed by atoms with Crippen LogP contribution in [0.5, 0.6) is 5.88 Å². The molecular formula is C8H7N3O4S. The van der Waals surface area contributed by atoms with E-state index in [4.69, 9.17) is 0 Å². The van der Waals surface area contributed by atoms with Gasteiger partial charge in [0.2, 0.25) is 0 Å². The van der Waals surface area contributed by atoms with Gasteiger partial charge in [-0.2, -0.15) is 0 Å². The monoisotopic (exact) mass is 241 g/mol. The molecule has 2 heterocycles. The first-order chi connectivity index (χ1) is 7.57. The van der Waals surface area contributed by atoms with Gasteiger partial charge in [0.1, 0.15) is 12.1 Å². The van der Waals surface area contributed by atoms with Gasteiger partial charge in [-0.3, -0.25) is 10.1 Å². The van der Waals surface area contributed by atoms with Crippen molar-refractivity contribution in [2.45, 2.75) is 13.5 Å². The van der Waals surface area contributed by atoms with E-state index in [0.29, 0.717) is 4.96 Å². The number of thiazole rings is 1. The summed E-state index contributed by atoms with van der Waals surface area (Å²) in [6, 6.07) is 0. The smallest absolute Gasteiger partial charge is 0.420 e. The molecular weight excluding hydrogens is 234 g/mol. The molecule has 0 bridgehead atoms. The Hall–Kier alpha value is -1.96. The Labute approximate surface area is 93.0 Å². The molecule has 0 saturated carbocycles. The molecule has 0 unspecified atom stereocenters. The highest BCUT2D eigenvalue weighted by Crippen LogP contribution is 2.16. The Balaban J connectivity index is 3.02. The normalized spacial score (nSPS) is 10.8. The summed E-state index contributed by atoms with van der Waals surface area (Å²) in [6.45, 7) is 1.97. The zero-order valence-electron chi connectivity index (χ0n) is 8.24. The van der Waals surface area contributed by atoms with Crippen molar-refractivity contribution in [3.63, 3.8) is 0 Å². The third-order valence-corrected chi connectivity index (χ3v) is 3.07. The lowest BCUT2D eigenvalue weighted by Crippen LogP contribution is -2.42. The molecule has 0 amide bonds. The summed E-state index contributed by atoms with van der Waals surface area (Å²) in [6.07, 6.45) is 1.42. The van der Waals surface area contributed by atoms with Crippen molar-refractivity contribution in [3.8, 4) is 5.88 Å². The number of aromatic nitrogens is 2. The molecule has 84 valence electrons. The molecule has 2 rings (SSSR count). The maximum Gasteiger partial charge on any atom is 0.420 e. The van der Waals surface area contributed by atoms with E-state index in [1.807, 2.05) is 0 Å². The third kappa shape index (κ3) is 1.27. The number of aryl methyl sites for hydroxylation is 1. The zero-order chi connectivity index (χ0) is 11.9. The van der Waals surface area contributed by atoms with Crippen molar-refractivity contribution < 1.29 is 14.6 Å². The summed E-state index contributed by atoms with van der Waals surface area (Å²) in [5, 5.41) is 24.0. The fourth-order valence-corrected chi connectivity index (χ4v) is 2.38. The van der Waals surface area contributed by atoms with Gasteiger partial charge in [0.05, 0.1) is 11.5 Å². The van der Waals surface area contributed by atoms with Crippen LogP contribution in [0.4, 0.5) is 5.69 Å². The fraction of sp³-hybridized carbons (Fsp3) is 0.250. The minimum absolute atomic E-state index is 0.282. The summed E-state index contributed by atoms with van der Waals surface area (Å²) in [4.78, 5) is 21.8. The van der Waals surface area contributed by atoms with Gasteiger partial charge in [-0.05, 0) is 6.92 Å². The first-order valence-corrected chi connectivity index (χ1v) is 5.33. The maximum atomic E-state index is 11.7. The maximum absolute atomic E-state index is 11.7. The van der Waals surface area contributed by atoms with E-state index in [0.717, 1.165) is 4.40 Å². The van der Waals surface area contributed by atoms with Crippen molar-refractivity contribution in [1.82, 2.24) is 4.40 Å². The van der Waals surface area contributed by atoms with Crippen molar-refractivity contribution >= 4 is 22.0 Å². The summed E-state index contributed by atoms with van der Waals surface area (Å²) >= 11 is 1.19. The summed E-state index contributed by atoms with van der Waals surface area (Å²) in [7, 11) is 0. The van der Waals surface area contributed by atoms with E-state index < -0.39 is 22.0 Å². The SMILES string of the molecule is CC[n+]1c([O-])c([N+](=O)[O-])c(=O)n2ccsc21. The first-order valence-electron chi connectivity index (χ1n) is 4.45. The van der Waals surface area contributed by atoms with Crippen molar-refractivity contribution in [2.24, 2.45) is 0 Å². The number of hydrogen-bond acceptors (Lipinski definition) is 5. The predicted octanol–water partition coefficient (Wildman–Crippen LogP) is -0.350. The molecule has 7 nitrogen and oxygen atoms in total. The van der Waals surface area contributed by atoms with Gasteiger partial charge in [0, 0.05) is 5.38 Å². The molecule has 0 aliphatic carbocycles. The molecule has 16 heavy (non-hydrogen) atoms. The van der Waals surface area contributed by atoms with Crippen molar-refractivity contribution in [2.75, 3.05) is 0 Å². The van der Waals surface area contributed by atoms with Crippen LogP contribution < -0.4 is 15.2 Å². The largest absolute Gasteiger partial charge is 0.837 e. The number of nitrogens with zero attached hydrogens (tertiary/aromatic N) is 3. The topological polar surface area (TPSA) is 91.6 Å². The molecule has 8 heteroatoms. The predicted molar refractivity (Wildman–Crippen MR) is 53.5 cm³/mol. The summed E-state index contributed by atoms with van der Waals surface area (Å²) in [5.74, 6) is -0.847. The zero-order valence-corrected chi connectivity index (χ0v) is 9.06. The minimum atomic E-state index is -0.930. The van der Waals surface area contributed by atoms with E-state index in [1.165, 1.54) is 22.1 Å². The van der Waals surface area contributed by atoms with Crippen LogP contribution in [0.1, 0.15) is 6.92 Å². The van der Waals surface area contributed by atoms with E-state index in [-0.39, 0.29) is 6.54 Å². The quantitative estimate of drug-likeness (QED) is 0.408. The number of hydrogen-bond donors (Lipinski definition) is 0. The lowest BCUT2D eigenvalue weighted by atomic mass is 10.4. The first kappa shape index (κ1) is 10.6. The average Bonchev–Trinajstić information content (AvgIpc) is 2.66. The molecule has 0 fully saturated rings. The highest BCUT2D eigenvalue weighted by Gasteiger charge is 2.27. The fourth-order valence-electron chi connectivity index (χ4n) is 1.48. The molecule has 0 saturated heterocycles. The van der Waals surface area contributed by atoms with Gasteiger partial charge in [-0.15, -0.1) is 4.40 Å². The van der Waals surface area contributed by atoms with Gasteiger partial charge < -0.3 is 5.11 Å². The average molecular weight is 241 g/mol. The van der Waals surface area contributed by atoms with E-state index in [1.54, 1.807) is 12.3 Å². The summed E-state index contributed by atoms with van der Waals surface area (Å²) < 4.78 is 2.33. The van der Waals surface area contributed by atoms with Crippen LogP contribution in [0, 0.1) is 10.1 Å². The number of fused-ring (bicyclic) bond motifs is 1. The molecule has 0 aliphatic rings. The molecule has 0 N–H and O–H groups in total. The highest BCUT2D eigenvalue weighted by atomic mass is 32.1. The Morgan fingerprint density at radius 3 is 2.88 bits per heavy atom. The van der Waals surface area contributed by atoms with Gasteiger partial charge in [0.15, 0.2) is 0 Å². The lowest BCUT2D eigenvalue weighted by molar-refractivity contribution is -0.714. The molecule has 0 atom stereocenters. The van der Waals surface area contributed by atoms with Crippen LogP contribution in [0.3, 0.4) is 0 Å². The van der Waals surface area contributed by atoms with Gasteiger partial charge in [-0.25, -0.2) is 9.36 Å². The van der Waals surface area contributed by atoms with Crippen LogP contribution in [-0.2, 0) is 6.54 Å². The second-order valence-corrected chi connectivity index (χ2v) is 3.89. The molecule has 0 spiro atoms. The molecule has 0 aliphatic heterocycles. The van der Waals surface area contributed by atoms with Gasteiger partial charge >= 0.3 is 16.2 Å². The second-order valence-electron chi connectivity index (χ2n) is 3.02. The van der Waals surface area contributed by atoms with E-state index in [2.05, 4.69) is 0 Å². The number of rotatable bonds is 2. The van der Waals surface area contributed by atoms with Crippen molar-refractivity contribution in [1.29, 1.82) is 0 Å². The molecule has 0 radical (unpaired) electrons. The second kappa shape index (κ2) is 3.56. The lowest BCUT2D eigenvalue weighted by Gasteiger charge is -2.08. The van der Waals surface area contributed by atoms with Crippen LogP contribution in [-0.4, -0.2) is 9.32 Å². The van der Waals surface area contributed by atoms with Crippen LogP contribution in [0.15, 0.2) is 16.4 Å². The Morgan fingerprint density at radius 2 is 2.31 bits per heavy atom. The van der Waals surface area contributed by atoms with Crippen LogP contribution >= 0.6 is 11.3 Å². The number of nitro groups is 1. The molecule has 0 aromatic carbocycles. The summed E-state index contributed by atoms with van der Waals surface area (Å²) in [5.41, 5.74) is -1.78. The molecule has 2 aromatic heterocycles. The van der Waals surface area contributed by atoms with E-state index >= 15 is 0 Å². The molecule has 2 aromatic rings. The third-order valence-electron chi connectivity index (χ3n) is 2.19. The highest BCUT2D eigenvalue weighted by molar-refractivity contribution is 7.14. The van der Waals surface area contributed by atoms with E-state index in [9.17, 15) is 20.0 Å². The van der Waals surface area contributed by atoms with Gasteiger partial charge in [-0.1, -0.05) is 11.3 Å². The van der Waals surface area contributed by atoms with Crippen molar-refractivity contribution in [3.05, 3.63) is 32.0 Å². The minimum Gasteiger partial charge on any atom is -0.837 e. The van der Waals surface area contributed by atoms with Gasteiger partial charge in [0.25, 0.3) is 0 Å².